The highest BCUT2D eigenvalue weighted by atomic mass is 19.1. The fourth-order valence-electron chi connectivity index (χ4n) is 2.40. The summed E-state index contributed by atoms with van der Waals surface area (Å²) in [5.41, 5.74) is 1.95. The molecule has 0 radical (unpaired) electrons. The quantitative estimate of drug-likeness (QED) is 0.869. The lowest BCUT2D eigenvalue weighted by atomic mass is 10.0. The Kier molecular flexibility index (Phi) is 2.65. The van der Waals surface area contributed by atoms with Crippen LogP contribution in [0.2, 0.25) is 0 Å². The Morgan fingerprint density at radius 2 is 2.12 bits per heavy atom. The highest BCUT2D eigenvalue weighted by Crippen LogP contribution is 2.31. The van der Waals surface area contributed by atoms with Gasteiger partial charge in [0.05, 0.1) is 11.4 Å². The maximum absolute atomic E-state index is 13.7. The molecule has 2 aromatic rings. The Hall–Kier alpha value is -1.84. The third-order valence-corrected chi connectivity index (χ3v) is 3.25. The first kappa shape index (κ1) is 11.6. The summed E-state index contributed by atoms with van der Waals surface area (Å²) in [5, 5.41) is 9.85. The van der Waals surface area contributed by atoms with E-state index in [9.17, 15) is 9.18 Å². The normalized spacial score (nSPS) is 12.9. The fraction of sp³-hybridized carbons (Fsp3) is 0.308. The Bertz CT molecular complexity index is 601. The molecule has 0 aliphatic rings. The molecule has 0 fully saturated rings. The molecule has 3 nitrogen and oxygen atoms in total. The van der Waals surface area contributed by atoms with E-state index < -0.39 is 11.9 Å². The van der Waals surface area contributed by atoms with Gasteiger partial charge in [-0.05, 0) is 25.5 Å². The van der Waals surface area contributed by atoms with Crippen LogP contribution in [0.25, 0.3) is 10.9 Å². The standard InChI is InChI=1S/C13H14FNO2/c1-7-9-5-4-6-10(14)12(9)15(3)11(7)8(2)13(16)17/h4-6,8H,1-3H3,(H,16,17). The van der Waals surface area contributed by atoms with E-state index in [0.29, 0.717) is 11.2 Å². The second kappa shape index (κ2) is 3.87. The molecule has 1 aromatic carbocycles. The molecule has 0 aliphatic heterocycles. The van der Waals surface area contributed by atoms with Gasteiger partial charge in [0.2, 0.25) is 0 Å². The van der Waals surface area contributed by atoms with Crippen molar-refractivity contribution in [2.75, 3.05) is 0 Å². The number of carbonyl (C=O) groups is 1. The fourth-order valence-corrected chi connectivity index (χ4v) is 2.40. The van der Waals surface area contributed by atoms with Gasteiger partial charge >= 0.3 is 5.97 Å². The summed E-state index contributed by atoms with van der Waals surface area (Å²) in [7, 11) is 1.70. The number of halogens is 1. The zero-order valence-corrected chi connectivity index (χ0v) is 9.99. The summed E-state index contributed by atoms with van der Waals surface area (Å²) >= 11 is 0. The molecule has 1 aromatic heterocycles. The molecule has 0 spiro atoms. The molecule has 1 unspecified atom stereocenters. The molecule has 0 aliphatic carbocycles. The summed E-state index contributed by atoms with van der Waals surface area (Å²) in [6, 6.07) is 4.84. The highest BCUT2D eigenvalue weighted by molar-refractivity contribution is 5.88. The molecule has 90 valence electrons. The number of aryl methyl sites for hydroxylation is 2. The second-order valence-corrected chi connectivity index (χ2v) is 4.27. The lowest BCUT2D eigenvalue weighted by Crippen LogP contribution is -2.12. The van der Waals surface area contributed by atoms with Gasteiger partial charge in [-0.25, -0.2) is 4.39 Å². The highest BCUT2D eigenvalue weighted by Gasteiger charge is 2.23. The number of aromatic nitrogens is 1. The maximum atomic E-state index is 13.7. The molecule has 0 saturated heterocycles. The minimum absolute atomic E-state index is 0.322. The summed E-state index contributed by atoms with van der Waals surface area (Å²) in [5.74, 6) is -1.87. The van der Waals surface area contributed by atoms with E-state index in [0.717, 1.165) is 10.9 Å². The van der Waals surface area contributed by atoms with Crippen LogP contribution < -0.4 is 0 Å². The third-order valence-electron chi connectivity index (χ3n) is 3.25. The molecule has 0 saturated carbocycles. The van der Waals surface area contributed by atoms with Crippen molar-refractivity contribution >= 4 is 16.9 Å². The lowest BCUT2D eigenvalue weighted by molar-refractivity contribution is -0.138. The van der Waals surface area contributed by atoms with Gasteiger partial charge in [-0.15, -0.1) is 0 Å². The van der Waals surface area contributed by atoms with Crippen LogP contribution in [0.3, 0.4) is 0 Å². The average molecular weight is 235 g/mol. The number of carboxylic acids is 1. The SMILES string of the molecule is Cc1c(C(C)C(=O)O)n(C)c2c(F)cccc12. The van der Waals surface area contributed by atoms with E-state index in [4.69, 9.17) is 5.11 Å². The molecular weight excluding hydrogens is 221 g/mol. The van der Waals surface area contributed by atoms with Gasteiger partial charge < -0.3 is 9.67 Å². The number of hydrogen-bond acceptors (Lipinski definition) is 1. The van der Waals surface area contributed by atoms with E-state index >= 15 is 0 Å². The molecule has 1 atom stereocenters. The number of fused-ring (bicyclic) bond motifs is 1. The molecular formula is C13H14FNO2. The van der Waals surface area contributed by atoms with Gasteiger partial charge in [0.25, 0.3) is 0 Å². The average Bonchev–Trinajstić information content (AvgIpc) is 2.52. The maximum Gasteiger partial charge on any atom is 0.312 e. The summed E-state index contributed by atoms with van der Waals surface area (Å²) in [6.45, 7) is 3.44. The van der Waals surface area contributed by atoms with Gasteiger partial charge in [0.15, 0.2) is 0 Å². The predicted octanol–water partition coefficient (Wildman–Crippen LogP) is 2.81. The van der Waals surface area contributed by atoms with Crippen LogP contribution in [0.4, 0.5) is 4.39 Å². The van der Waals surface area contributed by atoms with Gasteiger partial charge in [-0.3, -0.25) is 4.79 Å². The van der Waals surface area contributed by atoms with Crippen molar-refractivity contribution in [2.45, 2.75) is 19.8 Å². The van der Waals surface area contributed by atoms with Crippen molar-refractivity contribution in [1.29, 1.82) is 0 Å². The Morgan fingerprint density at radius 1 is 1.47 bits per heavy atom. The van der Waals surface area contributed by atoms with Crippen molar-refractivity contribution in [1.82, 2.24) is 4.57 Å². The third kappa shape index (κ3) is 1.60. The Balaban J connectivity index is 2.82. The van der Waals surface area contributed by atoms with Crippen LogP contribution in [0, 0.1) is 12.7 Å². The van der Waals surface area contributed by atoms with Gasteiger partial charge in [0.1, 0.15) is 5.82 Å². The number of hydrogen-bond donors (Lipinski definition) is 1. The second-order valence-electron chi connectivity index (χ2n) is 4.27. The van der Waals surface area contributed by atoms with Crippen LogP contribution in [0.1, 0.15) is 24.1 Å². The monoisotopic (exact) mass is 235 g/mol. The van der Waals surface area contributed by atoms with E-state index in [1.807, 2.05) is 13.0 Å². The van der Waals surface area contributed by atoms with Crippen LogP contribution in [0.15, 0.2) is 18.2 Å². The summed E-state index contributed by atoms with van der Waals surface area (Å²) in [4.78, 5) is 11.1. The van der Waals surface area contributed by atoms with Gasteiger partial charge in [-0.2, -0.15) is 0 Å². The Morgan fingerprint density at radius 3 is 2.65 bits per heavy atom. The predicted molar refractivity (Wildman–Crippen MR) is 63.7 cm³/mol. The van der Waals surface area contributed by atoms with Crippen LogP contribution >= 0.6 is 0 Å². The first-order valence-corrected chi connectivity index (χ1v) is 5.41. The molecule has 0 bridgehead atoms. The zero-order valence-electron chi connectivity index (χ0n) is 9.99. The van der Waals surface area contributed by atoms with Crippen molar-refractivity contribution in [2.24, 2.45) is 7.05 Å². The Labute approximate surface area is 98.5 Å². The minimum atomic E-state index is -0.903. The van der Waals surface area contributed by atoms with Crippen molar-refractivity contribution < 1.29 is 14.3 Å². The first-order chi connectivity index (χ1) is 7.95. The lowest BCUT2D eigenvalue weighted by Gasteiger charge is -2.10. The van der Waals surface area contributed by atoms with Crippen molar-refractivity contribution in [3.63, 3.8) is 0 Å². The van der Waals surface area contributed by atoms with Crippen molar-refractivity contribution in [3.8, 4) is 0 Å². The molecule has 2 rings (SSSR count). The van der Waals surface area contributed by atoms with E-state index in [1.165, 1.54) is 6.07 Å². The smallest absolute Gasteiger partial charge is 0.312 e. The van der Waals surface area contributed by atoms with Gasteiger partial charge in [-0.1, -0.05) is 12.1 Å². The summed E-state index contributed by atoms with van der Waals surface area (Å²) in [6.07, 6.45) is 0. The first-order valence-electron chi connectivity index (χ1n) is 5.41. The van der Waals surface area contributed by atoms with Crippen LogP contribution in [-0.2, 0) is 11.8 Å². The van der Waals surface area contributed by atoms with Gasteiger partial charge in [0, 0.05) is 18.1 Å². The number of benzene rings is 1. The van der Waals surface area contributed by atoms with Crippen LogP contribution in [0.5, 0.6) is 0 Å². The largest absolute Gasteiger partial charge is 0.481 e. The van der Waals surface area contributed by atoms with Crippen LogP contribution in [-0.4, -0.2) is 15.6 Å². The number of para-hydroxylation sites is 1. The number of carboxylic acid groups (broad SMARTS) is 1. The van der Waals surface area contributed by atoms with E-state index in [1.54, 1.807) is 24.6 Å². The minimum Gasteiger partial charge on any atom is -0.481 e. The molecule has 17 heavy (non-hydrogen) atoms. The van der Waals surface area contributed by atoms with E-state index in [2.05, 4.69) is 0 Å². The molecule has 1 N–H and O–H groups in total. The van der Waals surface area contributed by atoms with Crippen molar-refractivity contribution in [3.05, 3.63) is 35.3 Å². The van der Waals surface area contributed by atoms with E-state index in [-0.39, 0.29) is 5.82 Å². The molecule has 1 heterocycles. The molecule has 4 heteroatoms. The number of nitrogens with zero attached hydrogens (tertiary/aromatic N) is 1. The number of aliphatic carboxylic acids is 1. The number of rotatable bonds is 2. The zero-order chi connectivity index (χ0) is 12.7. The molecule has 0 amide bonds. The topological polar surface area (TPSA) is 42.2 Å². The summed E-state index contributed by atoms with van der Waals surface area (Å²) < 4.78 is 15.4.